The van der Waals surface area contributed by atoms with Crippen molar-refractivity contribution in [2.45, 2.75) is 29.6 Å². The Morgan fingerprint density at radius 2 is 1.71 bits per heavy atom. The summed E-state index contributed by atoms with van der Waals surface area (Å²) in [6.45, 7) is 4.16. The van der Waals surface area contributed by atoms with Crippen molar-refractivity contribution in [1.29, 1.82) is 0 Å². The topological polar surface area (TPSA) is 46.2 Å². The highest BCUT2D eigenvalue weighted by Crippen LogP contribution is 2.23. The summed E-state index contributed by atoms with van der Waals surface area (Å²) in [6, 6.07) is 14.4. The molecule has 0 fully saturated rings. The Bertz CT molecular complexity index is 707. The lowest BCUT2D eigenvalue weighted by molar-refractivity contribution is 0.601. The lowest BCUT2D eigenvalue weighted by Gasteiger charge is -2.10. The summed E-state index contributed by atoms with van der Waals surface area (Å²) in [5.41, 5.74) is 1.70. The monoisotopic (exact) mass is 321 g/mol. The van der Waals surface area contributed by atoms with Crippen molar-refractivity contribution in [1.82, 2.24) is 0 Å². The molecule has 0 aliphatic heterocycles. The molecule has 0 radical (unpaired) electrons. The van der Waals surface area contributed by atoms with Gasteiger partial charge in [0.25, 0.3) is 10.0 Å². The van der Waals surface area contributed by atoms with Gasteiger partial charge in [-0.15, -0.1) is 11.8 Å². The maximum absolute atomic E-state index is 12.4. The molecule has 1 N–H and O–H groups in total. The van der Waals surface area contributed by atoms with Crippen LogP contribution in [0.5, 0.6) is 0 Å². The minimum absolute atomic E-state index is 0.279. The smallest absolute Gasteiger partial charge is 0.261 e. The minimum atomic E-state index is -3.54. The van der Waals surface area contributed by atoms with Crippen molar-refractivity contribution in [2.24, 2.45) is 0 Å². The maximum atomic E-state index is 12.4. The van der Waals surface area contributed by atoms with E-state index in [0.717, 1.165) is 10.5 Å². The lowest BCUT2D eigenvalue weighted by Crippen LogP contribution is -2.13. The van der Waals surface area contributed by atoms with Crippen LogP contribution in [0.4, 0.5) is 5.69 Å². The number of nitrogens with one attached hydrogen (secondary N) is 1. The summed E-state index contributed by atoms with van der Waals surface area (Å²) >= 11 is 1.58. The summed E-state index contributed by atoms with van der Waals surface area (Å²) in [5.74, 6) is 0.382. The van der Waals surface area contributed by atoms with Crippen molar-refractivity contribution in [2.75, 3.05) is 11.0 Å². The molecule has 112 valence electrons. The van der Waals surface area contributed by atoms with E-state index in [1.54, 1.807) is 30.0 Å². The minimum Gasteiger partial charge on any atom is -0.280 e. The Hall–Kier alpha value is -1.46. The number of benzene rings is 2. The van der Waals surface area contributed by atoms with E-state index in [9.17, 15) is 8.42 Å². The molecule has 0 atom stereocenters. The van der Waals surface area contributed by atoms with Crippen molar-refractivity contribution < 1.29 is 8.42 Å². The number of sulfonamides is 1. The fourth-order valence-electron chi connectivity index (χ4n) is 1.93. The second-order valence-corrected chi connectivity index (χ2v) is 7.62. The first-order valence-electron chi connectivity index (χ1n) is 6.69. The molecule has 0 aromatic heterocycles. The van der Waals surface area contributed by atoms with Crippen LogP contribution in [0.25, 0.3) is 0 Å². The van der Waals surface area contributed by atoms with Gasteiger partial charge in [0.05, 0.1) is 4.90 Å². The SMILES string of the molecule is CSc1cccc(NS(=O)(=O)c2ccc(C(C)C)cc2)c1. The van der Waals surface area contributed by atoms with E-state index in [-0.39, 0.29) is 4.90 Å². The zero-order valence-electron chi connectivity index (χ0n) is 12.3. The van der Waals surface area contributed by atoms with E-state index in [1.165, 1.54) is 0 Å². The Kier molecular flexibility index (Phi) is 4.96. The van der Waals surface area contributed by atoms with Gasteiger partial charge in [-0.05, 0) is 48.1 Å². The first-order valence-corrected chi connectivity index (χ1v) is 9.40. The summed E-state index contributed by atoms with van der Waals surface area (Å²) < 4.78 is 27.3. The average molecular weight is 321 g/mol. The van der Waals surface area contributed by atoms with E-state index in [1.807, 2.05) is 36.6 Å². The molecule has 2 aromatic rings. The number of rotatable bonds is 5. The molecule has 3 nitrogen and oxygen atoms in total. The van der Waals surface area contributed by atoms with E-state index >= 15 is 0 Å². The normalized spacial score (nSPS) is 11.6. The Morgan fingerprint density at radius 3 is 2.29 bits per heavy atom. The van der Waals surface area contributed by atoms with Gasteiger partial charge in [0.2, 0.25) is 0 Å². The fourth-order valence-corrected chi connectivity index (χ4v) is 3.44. The van der Waals surface area contributed by atoms with Crippen LogP contribution in [0.15, 0.2) is 58.3 Å². The van der Waals surface area contributed by atoms with Crippen molar-refractivity contribution in [3.05, 3.63) is 54.1 Å². The van der Waals surface area contributed by atoms with Crippen LogP contribution in [0.2, 0.25) is 0 Å². The van der Waals surface area contributed by atoms with E-state index in [0.29, 0.717) is 11.6 Å². The van der Waals surface area contributed by atoms with Gasteiger partial charge in [-0.1, -0.05) is 32.0 Å². The predicted octanol–water partition coefficient (Wildman–Crippen LogP) is 4.33. The maximum Gasteiger partial charge on any atom is 0.261 e. The third-order valence-electron chi connectivity index (χ3n) is 3.18. The number of hydrogen-bond donors (Lipinski definition) is 1. The molecule has 2 aromatic carbocycles. The van der Waals surface area contributed by atoms with Crippen molar-refractivity contribution >= 4 is 27.5 Å². The highest BCUT2D eigenvalue weighted by Gasteiger charge is 2.14. The first kappa shape index (κ1) is 15.9. The summed E-state index contributed by atoms with van der Waals surface area (Å²) in [4.78, 5) is 1.30. The van der Waals surface area contributed by atoms with Crippen LogP contribution < -0.4 is 4.72 Å². The van der Waals surface area contributed by atoms with Crippen LogP contribution in [0, 0.1) is 0 Å². The van der Waals surface area contributed by atoms with E-state index in [4.69, 9.17) is 0 Å². The third kappa shape index (κ3) is 4.02. The molecular weight excluding hydrogens is 302 g/mol. The molecule has 0 aliphatic carbocycles. The van der Waals surface area contributed by atoms with E-state index in [2.05, 4.69) is 18.6 Å². The van der Waals surface area contributed by atoms with Gasteiger partial charge < -0.3 is 0 Å². The summed E-state index contributed by atoms with van der Waals surface area (Å²) in [7, 11) is -3.54. The molecule has 2 rings (SSSR count). The third-order valence-corrected chi connectivity index (χ3v) is 5.30. The Morgan fingerprint density at radius 1 is 1.05 bits per heavy atom. The van der Waals surface area contributed by atoms with Gasteiger partial charge >= 0.3 is 0 Å². The number of anilines is 1. The van der Waals surface area contributed by atoms with Gasteiger partial charge in [0.15, 0.2) is 0 Å². The standard InChI is InChI=1S/C16H19NO2S2/c1-12(2)13-7-9-16(10-8-13)21(18,19)17-14-5-4-6-15(11-14)20-3/h4-12,17H,1-3H3. The van der Waals surface area contributed by atoms with Crippen LogP contribution >= 0.6 is 11.8 Å². The fraction of sp³-hybridized carbons (Fsp3) is 0.250. The van der Waals surface area contributed by atoms with Crippen LogP contribution in [-0.4, -0.2) is 14.7 Å². The average Bonchev–Trinajstić information content (AvgIpc) is 2.47. The second-order valence-electron chi connectivity index (χ2n) is 5.06. The van der Waals surface area contributed by atoms with Crippen LogP contribution in [0.1, 0.15) is 25.3 Å². The van der Waals surface area contributed by atoms with Gasteiger partial charge in [-0.3, -0.25) is 4.72 Å². The quantitative estimate of drug-likeness (QED) is 0.834. The molecule has 21 heavy (non-hydrogen) atoms. The predicted molar refractivity (Wildman–Crippen MR) is 89.6 cm³/mol. The Balaban J connectivity index is 2.25. The summed E-state index contributed by atoms with van der Waals surface area (Å²) in [5, 5.41) is 0. The largest absolute Gasteiger partial charge is 0.280 e. The zero-order valence-corrected chi connectivity index (χ0v) is 14.0. The van der Waals surface area contributed by atoms with E-state index < -0.39 is 10.0 Å². The molecule has 0 amide bonds. The van der Waals surface area contributed by atoms with Gasteiger partial charge in [0.1, 0.15) is 0 Å². The molecule has 0 heterocycles. The highest BCUT2D eigenvalue weighted by atomic mass is 32.2. The van der Waals surface area contributed by atoms with Gasteiger partial charge in [-0.2, -0.15) is 0 Å². The zero-order chi connectivity index (χ0) is 15.5. The molecule has 5 heteroatoms. The molecule has 0 bridgehead atoms. The summed E-state index contributed by atoms with van der Waals surface area (Å²) in [6.07, 6.45) is 1.96. The van der Waals surface area contributed by atoms with Gasteiger partial charge in [0, 0.05) is 10.6 Å². The molecule has 0 saturated heterocycles. The lowest BCUT2D eigenvalue weighted by atomic mass is 10.0. The second kappa shape index (κ2) is 6.54. The number of hydrogen-bond acceptors (Lipinski definition) is 3. The van der Waals surface area contributed by atoms with Crippen molar-refractivity contribution in [3.63, 3.8) is 0 Å². The molecule has 0 unspecified atom stereocenters. The highest BCUT2D eigenvalue weighted by molar-refractivity contribution is 7.98. The Labute approximate surface area is 130 Å². The first-order chi connectivity index (χ1) is 9.92. The van der Waals surface area contributed by atoms with Crippen LogP contribution in [0.3, 0.4) is 0 Å². The molecule has 0 saturated carbocycles. The molecule has 0 aliphatic rings. The molecular formula is C16H19NO2S2. The van der Waals surface area contributed by atoms with Crippen LogP contribution in [-0.2, 0) is 10.0 Å². The van der Waals surface area contributed by atoms with Crippen molar-refractivity contribution in [3.8, 4) is 0 Å². The van der Waals surface area contributed by atoms with Gasteiger partial charge in [-0.25, -0.2) is 8.42 Å². The number of thioether (sulfide) groups is 1. The molecule has 0 spiro atoms.